The van der Waals surface area contributed by atoms with Gasteiger partial charge in [0.05, 0.1) is 23.4 Å². The van der Waals surface area contributed by atoms with Crippen LogP contribution in [0.15, 0.2) is 6.33 Å². The second-order valence-corrected chi connectivity index (χ2v) is 9.88. The minimum Gasteiger partial charge on any atom is -0.379 e. The van der Waals surface area contributed by atoms with E-state index < -0.39 is 0 Å². The number of nitrogens with zero attached hydrogens (tertiary/aromatic N) is 4. The molecule has 160 valence electrons. The lowest BCUT2D eigenvalue weighted by molar-refractivity contribution is 0.0398. The van der Waals surface area contributed by atoms with E-state index in [2.05, 4.69) is 29.0 Å². The number of rotatable bonds is 6. The van der Waals surface area contributed by atoms with Gasteiger partial charge in [0.1, 0.15) is 17.0 Å². The first-order valence-corrected chi connectivity index (χ1v) is 12.1. The number of morpholine rings is 1. The van der Waals surface area contributed by atoms with Crippen LogP contribution in [-0.2, 0) is 24.0 Å². The number of ether oxygens (including phenoxy) is 1. The molecule has 5 rings (SSSR count). The highest BCUT2D eigenvalue weighted by Gasteiger charge is 2.23. The molecule has 1 N–H and O–H groups in total. The van der Waals surface area contributed by atoms with E-state index in [0.29, 0.717) is 5.92 Å². The van der Waals surface area contributed by atoms with Crippen LogP contribution in [0.5, 0.6) is 0 Å². The highest BCUT2D eigenvalue weighted by atomic mass is 32.1. The zero-order valence-electron chi connectivity index (χ0n) is 18.0. The third-order valence-electron chi connectivity index (χ3n) is 6.23. The minimum absolute atomic E-state index is 0.618. The van der Waals surface area contributed by atoms with Crippen molar-refractivity contribution in [3.05, 3.63) is 23.1 Å². The van der Waals surface area contributed by atoms with Crippen LogP contribution in [0.2, 0.25) is 0 Å². The zero-order chi connectivity index (χ0) is 20.5. The van der Waals surface area contributed by atoms with Gasteiger partial charge in [0.2, 0.25) is 0 Å². The van der Waals surface area contributed by atoms with Gasteiger partial charge >= 0.3 is 0 Å². The molecular weight excluding hydrogens is 394 g/mol. The molecule has 0 aromatic carbocycles. The van der Waals surface area contributed by atoms with Crippen LogP contribution in [0.1, 0.15) is 43.5 Å². The van der Waals surface area contributed by atoms with Crippen LogP contribution in [0.3, 0.4) is 0 Å². The molecule has 0 spiro atoms. The largest absolute Gasteiger partial charge is 0.379 e. The van der Waals surface area contributed by atoms with Crippen molar-refractivity contribution in [3.63, 3.8) is 0 Å². The molecule has 1 aliphatic carbocycles. The van der Waals surface area contributed by atoms with Gasteiger partial charge in [-0.2, -0.15) is 0 Å². The van der Waals surface area contributed by atoms with Crippen molar-refractivity contribution in [2.75, 3.05) is 44.7 Å². The molecule has 0 atom stereocenters. The number of hydrogen-bond acceptors (Lipinski definition) is 7. The molecule has 1 aliphatic heterocycles. The maximum absolute atomic E-state index is 5.45. The molecule has 0 amide bonds. The average molecular weight is 426 g/mol. The Kier molecular flexibility index (Phi) is 5.85. The SMILES string of the molecule is CC(C)Cc1nc2sc3c(NCCN4CCOCC4)ncnc3c2c2c1CCCC2. The topological polar surface area (TPSA) is 63.2 Å². The summed E-state index contributed by atoms with van der Waals surface area (Å²) in [6.07, 6.45) is 7.62. The van der Waals surface area contributed by atoms with Gasteiger partial charge in [0, 0.05) is 37.3 Å². The second-order valence-electron chi connectivity index (χ2n) is 8.88. The van der Waals surface area contributed by atoms with E-state index >= 15 is 0 Å². The predicted molar refractivity (Wildman–Crippen MR) is 124 cm³/mol. The summed E-state index contributed by atoms with van der Waals surface area (Å²) in [6.45, 7) is 10.2. The Balaban J connectivity index is 1.50. The fraction of sp³-hybridized carbons (Fsp3) is 0.609. The lowest BCUT2D eigenvalue weighted by Gasteiger charge is -2.26. The van der Waals surface area contributed by atoms with E-state index in [-0.39, 0.29) is 0 Å². The fourth-order valence-corrected chi connectivity index (χ4v) is 5.92. The highest BCUT2D eigenvalue weighted by molar-refractivity contribution is 7.26. The van der Waals surface area contributed by atoms with Crippen molar-refractivity contribution in [2.24, 2.45) is 5.92 Å². The van der Waals surface area contributed by atoms with Crippen LogP contribution in [0.25, 0.3) is 20.4 Å². The van der Waals surface area contributed by atoms with Crippen LogP contribution in [0.4, 0.5) is 5.82 Å². The van der Waals surface area contributed by atoms with Crippen molar-refractivity contribution in [1.29, 1.82) is 0 Å². The summed E-state index contributed by atoms with van der Waals surface area (Å²) in [6, 6.07) is 0. The minimum atomic E-state index is 0.618. The number of nitrogens with one attached hydrogen (secondary N) is 1. The summed E-state index contributed by atoms with van der Waals surface area (Å²) in [7, 11) is 0. The summed E-state index contributed by atoms with van der Waals surface area (Å²) in [4.78, 5) is 18.0. The quantitative estimate of drug-likeness (QED) is 0.643. The average Bonchev–Trinajstić information content (AvgIpc) is 3.14. The summed E-state index contributed by atoms with van der Waals surface area (Å²) in [5.74, 6) is 1.57. The number of aromatic nitrogens is 3. The van der Waals surface area contributed by atoms with E-state index in [1.807, 2.05) is 0 Å². The van der Waals surface area contributed by atoms with Crippen molar-refractivity contribution < 1.29 is 4.74 Å². The first-order chi connectivity index (χ1) is 14.7. The van der Waals surface area contributed by atoms with Crippen LogP contribution in [-0.4, -0.2) is 59.2 Å². The number of hydrogen-bond donors (Lipinski definition) is 1. The highest BCUT2D eigenvalue weighted by Crippen LogP contribution is 2.41. The first-order valence-electron chi connectivity index (χ1n) is 11.3. The van der Waals surface area contributed by atoms with Crippen molar-refractivity contribution in [3.8, 4) is 0 Å². The fourth-order valence-electron chi connectivity index (χ4n) is 4.78. The smallest absolute Gasteiger partial charge is 0.147 e. The van der Waals surface area contributed by atoms with Crippen molar-refractivity contribution >= 4 is 37.6 Å². The van der Waals surface area contributed by atoms with Crippen LogP contribution < -0.4 is 5.32 Å². The normalized spacial score (nSPS) is 17.7. The number of pyridine rings is 1. The molecule has 2 aliphatic rings. The van der Waals surface area contributed by atoms with Gasteiger partial charge in [0.25, 0.3) is 0 Å². The molecular formula is C23H31N5OS. The molecule has 1 fully saturated rings. The maximum Gasteiger partial charge on any atom is 0.147 e. The lowest BCUT2D eigenvalue weighted by Crippen LogP contribution is -2.39. The van der Waals surface area contributed by atoms with Gasteiger partial charge in [-0.3, -0.25) is 4.90 Å². The Bertz CT molecular complexity index is 1040. The molecule has 30 heavy (non-hydrogen) atoms. The molecule has 1 saturated heterocycles. The molecule has 4 heterocycles. The van der Waals surface area contributed by atoms with Crippen molar-refractivity contribution in [1.82, 2.24) is 19.9 Å². The predicted octanol–water partition coefficient (Wildman–Crippen LogP) is 4.06. The summed E-state index contributed by atoms with van der Waals surface area (Å²) in [5.41, 5.74) is 5.41. The summed E-state index contributed by atoms with van der Waals surface area (Å²) < 4.78 is 6.60. The van der Waals surface area contributed by atoms with Crippen LogP contribution >= 0.6 is 11.3 Å². The van der Waals surface area contributed by atoms with Gasteiger partial charge in [-0.1, -0.05) is 13.8 Å². The lowest BCUT2D eigenvalue weighted by atomic mass is 9.87. The maximum atomic E-state index is 5.45. The number of aryl methyl sites for hydroxylation is 1. The molecule has 7 heteroatoms. The Hall–Kier alpha value is -1.83. The third-order valence-corrected chi connectivity index (χ3v) is 7.31. The van der Waals surface area contributed by atoms with Gasteiger partial charge in [0.15, 0.2) is 0 Å². The van der Waals surface area contributed by atoms with Gasteiger partial charge < -0.3 is 10.1 Å². The summed E-state index contributed by atoms with van der Waals surface area (Å²) in [5, 5.41) is 4.86. The van der Waals surface area contributed by atoms with E-state index in [0.717, 1.165) is 79.5 Å². The number of thiophene rings is 1. The van der Waals surface area contributed by atoms with Gasteiger partial charge in [-0.25, -0.2) is 15.0 Å². The Morgan fingerprint density at radius 1 is 1.13 bits per heavy atom. The van der Waals surface area contributed by atoms with Gasteiger partial charge in [-0.05, 0) is 49.1 Å². The molecule has 3 aromatic rings. The summed E-state index contributed by atoms with van der Waals surface area (Å²) >= 11 is 1.76. The van der Waals surface area contributed by atoms with E-state index in [1.165, 1.54) is 35.0 Å². The zero-order valence-corrected chi connectivity index (χ0v) is 18.9. The molecule has 6 nitrogen and oxygen atoms in total. The van der Waals surface area contributed by atoms with Crippen molar-refractivity contribution in [2.45, 2.75) is 46.0 Å². The monoisotopic (exact) mass is 425 g/mol. The van der Waals surface area contributed by atoms with E-state index in [9.17, 15) is 0 Å². The Morgan fingerprint density at radius 3 is 2.73 bits per heavy atom. The molecule has 0 unspecified atom stereocenters. The van der Waals surface area contributed by atoms with E-state index in [4.69, 9.17) is 14.7 Å². The molecule has 0 radical (unpaired) electrons. The molecule has 3 aromatic heterocycles. The van der Waals surface area contributed by atoms with Crippen LogP contribution in [0, 0.1) is 5.92 Å². The third kappa shape index (κ3) is 3.90. The second kappa shape index (κ2) is 8.73. The standard InChI is InChI=1S/C23H31N5OS/c1-15(2)13-18-16-5-3-4-6-17(16)19-20-21(30-23(19)27-18)22(26-14-25-20)24-7-8-28-9-11-29-12-10-28/h14-15H,3-13H2,1-2H3,(H,24,25,26). The Labute approximate surface area is 182 Å². The van der Waals surface area contributed by atoms with E-state index in [1.54, 1.807) is 17.7 Å². The van der Waals surface area contributed by atoms with Gasteiger partial charge in [-0.15, -0.1) is 11.3 Å². The molecule has 0 saturated carbocycles. The first kappa shape index (κ1) is 20.1. The Morgan fingerprint density at radius 2 is 1.93 bits per heavy atom. The number of fused-ring (bicyclic) bond motifs is 5. The molecule has 0 bridgehead atoms. The number of anilines is 1.